The molecule has 1 aromatic carbocycles. The van der Waals surface area contributed by atoms with Crippen LogP contribution in [0.2, 0.25) is 0 Å². The third-order valence-corrected chi connectivity index (χ3v) is 4.98. The van der Waals surface area contributed by atoms with E-state index in [0.717, 1.165) is 48.8 Å². The van der Waals surface area contributed by atoms with E-state index in [-0.39, 0.29) is 11.8 Å². The maximum absolute atomic E-state index is 12.2. The van der Waals surface area contributed by atoms with Crippen LogP contribution in [0.3, 0.4) is 0 Å². The zero-order valence-electron chi connectivity index (χ0n) is 12.1. The third kappa shape index (κ3) is 3.40. The molecule has 0 bridgehead atoms. The quantitative estimate of drug-likeness (QED) is 0.857. The number of nitrogens with zero attached hydrogens (tertiary/aromatic N) is 2. The van der Waals surface area contributed by atoms with Crippen LogP contribution < -0.4 is 4.90 Å². The van der Waals surface area contributed by atoms with E-state index in [4.69, 9.17) is 0 Å². The molecule has 0 aliphatic carbocycles. The van der Waals surface area contributed by atoms with Gasteiger partial charge >= 0.3 is 0 Å². The van der Waals surface area contributed by atoms with Crippen molar-refractivity contribution in [2.45, 2.75) is 19.3 Å². The number of rotatable bonds is 3. The van der Waals surface area contributed by atoms with Gasteiger partial charge in [-0.3, -0.25) is 9.59 Å². The highest BCUT2D eigenvalue weighted by Crippen LogP contribution is 2.22. The molecular weight excluding hydrogens is 284 g/mol. The van der Waals surface area contributed by atoms with E-state index in [0.29, 0.717) is 12.8 Å². The van der Waals surface area contributed by atoms with Crippen molar-refractivity contribution in [2.24, 2.45) is 0 Å². The Morgan fingerprint density at radius 3 is 2.43 bits per heavy atom. The smallest absolute Gasteiger partial charge is 0.227 e. The van der Waals surface area contributed by atoms with Crippen LogP contribution in [0.1, 0.15) is 18.4 Å². The van der Waals surface area contributed by atoms with E-state index in [1.54, 1.807) is 0 Å². The van der Waals surface area contributed by atoms with Crippen LogP contribution in [0.25, 0.3) is 0 Å². The summed E-state index contributed by atoms with van der Waals surface area (Å²) in [5.41, 5.74) is 1.97. The molecule has 0 spiro atoms. The van der Waals surface area contributed by atoms with Crippen LogP contribution >= 0.6 is 11.8 Å². The SMILES string of the molecule is O=C(Cc1ccc(N2CCCC2=O)cc1)N1CCSCC1. The second-order valence-corrected chi connectivity index (χ2v) is 6.71. The summed E-state index contributed by atoms with van der Waals surface area (Å²) in [5.74, 6) is 2.49. The molecule has 2 fully saturated rings. The first kappa shape index (κ1) is 14.4. The second-order valence-electron chi connectivity index (χ2n) is 5.49. The van der Waals surface area contributed by atoms with Gasteiger partial charge in [0.2, 0.25) is 11.8 Å². The van der Waals surface area contributed by atoms with E-state index in [9.17, 15) is 9.59 Å². The predicted molar refractivity (Wildman–Crippen MR) is 85.6 cm³/mol. The van der Waals surface area contributed by atoms with Crippen molar-refractivity contribution in [3.8, 4) is 0 Å². The Bertz CT molecular complexity index is 524. The number of hydrogen-bond donors (Lipinski definition) is 0. The van der Waals surface area contributed by atoms with Crippen molar-refractivity contribution >= 4 is 29.3 Å². The van der Waals surface area contributed by atoms with E-state index in [2.05, 4.69) is 0 Å². The normalized spacial score (nSPS) is 19.1. The van der Waals surface area contributed by atoms with Crippen molar-refractivity contribution in [3.63, 3.8) is 0 Å². The fourth-order valence-corrected chi connectivity index (χ4v) is 3.72. The topological polar surface area (TPSA) is 40.6 Å². The molecule has 0 N–H and O–H groups in total. The molecule has 2 saturated heterocycles. The second kappa shape index (κ2) is 6.52. The molecule has 0 aromatic heterocycles. The van der Waals surface area contributed by atoms with Crippen LogP contribution in [0.15, 0.2) is 24.3 Å². The first-order valence-electron chi connectivity index (χ1n) is 7.49. The van der Waals surface area contributed by atoms with Crippen LogP contribution in [-0.4, -0.2) is 47.9 Å². The van der Waals surface area contributed by atoms with Crippen molar-refractivity contribution in [3.05, 3.63) is 29.8 Å². The number of amides is 2. The number of anilines is 1. The zero-order valence-corrected chi connectivity index (χ0v) is 12.9. The molecule has 4 nitrogen and oxygen atoms in total. The molecule has 5 heteroatoms. The first-order chi connectivity index (χ1) is 10.2. The Kier molecular flexibility index (Phi) is 4.48. The number of carbonyl (C=O) groups is 2. The molecule has 2 heterocycles. The van der Waals surface area contributed by atoms with Gasteiger partial charge in [-0.25, -0.2) is 0 Å². The van der Waals surface area contributed by atoms with Gasteiger partial charge in [0, 0.05) is 43.2 Å². The number of carbonyl (C=O) groups excluding carboxylic acids is 2. The minimum atomic E-state index is 0.199. The van der Waals surface area contributed by atoms with Gasteiger partial charge in [-0.2, -0.15) is 11.8 Å². The van der Waals surface area contributed by atoms with Gasteiger partial charge in [-0.1, -0.05) is 12.1 Å². The summed E-state index contributed by atoms with van der Waals surface area (Å²) in [7, 11) is 0. The highest BCUT2D eigenvalue weighted by Gasteiger charge is 2.22. The van der Waals surface area contributed by atoms with Crippen LogP contribution in [0, 0.1) is 0 Å². The number of thioether (sulfide) groups is 1. The minimum absolute atomic E-state index is 0.199. The Balaban J connectivity index is 1.61. The molecule has 0 saturated carbocycles. The molecule has 112 valence electrons. The molecule has 2 amide bonds. The summed E-state index contributed by atoms with van der Waals surface area (Å²) in [5, 5.41) is 0. The summed E-state index contributed by atoms with van der Waals surface area (Å²) < 4.78 is 0. The summed E-state index contributed by atoms with van der Waals surface area (Å²) in [4.78, 5) is 27.7. The van der Waals surface area contributed by atoms with Crippen molar-refractivity contribution in [2.75, 3.05) is 36.0 Å². The van der Waals surface area contributed by atoms with Gasteiger partial charge in [0.1, 0.15) is 0 Å². The molecule has 2 aliphatic rings. The zero-order chi connectivity index (χ0) is 14.7. The lowest BCUT2D eigenvalue weighted by atomic mass is 10.1. The van der Waals surface area contributed by atoms with E-state index >= 15 is 0 Å². The fourth-order valence-electron chi connectivity index (χ4n) is 2.81. The van der Waals surface area contributed by atoms with Gasteiger partial charge in [-0.15, -0.1) is 0 Å². The first-order valence-corrected chi connectivity index (χ1v) is 8.64. The minimum Gasteiger partial charge on any atom is -0.341 e. The third-order valence-electron chi connectivity index (χ3n) is 4.04. The van der Waals surface area contributed by atoms with E-state index in [1.807, 2.05) is 45.8 Å². The van der Waals surface area contributed by atoms with Crippen molar-refractivity contribution < 1.29 is 9.59 Å². The lowest BCUT2D eigenvalue weighted by Crippen LogP contribution is -2.38. The van der Waals surface area contributed by atoms with Gasteiger partial charge in [0.05, 0.1) is 6.42 Å². The number of benzene rings is 1. The van der Waals surface area contributed by atoms with Crippen molar-refractivity contribution in [1.29, 1.82) is 0 Å². The number of hydrogen-bond acceptors (Lipinski definition) is 3. The lowest BCUT2D eigenvalue weighted by Gasteiger charge is -2.26. The van der Waals surface area contributed by atoms with Gasteiger partial charge in [0.25, 0.3) is 0 Å². The maximum atomic E-state index is 12.2. The Labute approximate surface area is 129 Å². The molecule has 0 unspecified atom stereocenters. The van der Waals surface area contributed by atoms with E-state index in [1.165, 1.54) is 0 Å². The van der Waals surface area contributed by atoms with E-state index < -0.39 is 0 Å². The van der Waals surface area contributed by atoms with Crippen molar-refractivity contribution in [1.82, 2.24) is 4.90 Å². The van der Waals surface area contributed by atoms with Crippen LogP contribution in [0.5, 0.6) is 0 Å². The molecule has 0 radical (unpaired) electrons. The van der Waals surface area contributed by atoms with Crippen LogP contribution in [-0.2, 0) is 16.0 Å². The van der Waals surface area contributed by atoms with Gasteiger partial charge in [-0.05, 0) is 24.1 Å². The lowest BCUT2D eigenvalue weighted by molar-refractivity contribution is -0.130. The summed E-state index contributed by atoms with van der Waals surface area (Å²) >= 11 is 1.91. The maximum Gasteiger partial charge on any atom is 0.227 e. The molecule has 3 rings (SSSR count). The monoisotopic (exact) mass is 304 g/mol. The Hall–Kier alpha value is -1.49. The molecular formula is C16H20N2O2S. The summed E-state index contributed by atoms with van der Waals surface area (Å²) in [6.07, 6.45) is 2.04. The van der Waals surface area contributed by atoms with Gasteiger partial charge < -0.3 is 9.80 Å². The summed E-state index contributed by atoms with van der Waals surface area (Å²) in [6.45, 7) is 2.54. The predicted octanol–water partition coefficient (Wildman–Crippen LogP) is 1.93. The highest BCUT2D eigenvalue weighted by atomic mass is 32.2. The molecule has 2 aliphatic heterocycles. The van der Waals surface area contributed by atoms with Gasteiger partial charge in [0.15, 0.2) is 0 Å². The summed E-state index contributed by atoms with van der Waals surface area (Å²) in [6, 6.07) is 7.85. The molecule has 21 heavy (non-hydrogen) atoms. The average molecular weight is 304 g/mol. The standard InChI is InChI=1S/C16H20N2O2S/c19-15-2-1-7-18(15)14-5-3-13(4-6-14)12-16(20)17-8-10-21-11-9-17/h3-6H,1-2,7-12H2. The largest absolute Gasteiger partial charge is 0.341 e. The Morgan fingerprint density at radius 1 is 1.10 bits per heavy atom. The molecule has 1 aromatic rings. The Morgan fingerprint density at radius 2 is 1.81 bits per heavy atom. The average Bonchev–Trinajstić information content (AvgIpc) is 2.95. The molecule has 0 atom stereocenters. The fraction of sp³-hybridized carbons (Fsp3) is 0.500. The highest BCUT2D eigenvalue weighted by molar-refractivity contribution is 7.99. The van der Waals surface area contributed by atoms with Crippen LogP contribution in [0.4, 0.5) is 5.69 Å².